The predicted octanol–water partition coefficient (Wildman–Crippen LogP) is 2.92. The van der Waals surface area contributed by atoms with Crippen molar-refractivity contribution < 1.29 is 14.6 Å². The summed E-state index contributed by atoms with van der Waals surface area (Å²) < 4.78 is 11.6. The van der Waals surface area contributed by atoms with E-state index in [1.807, 2.05) is 25.1 Å². The van der Waals surface area contributed by atoms with E-state index in [0.29, 0.717) is 12.4 Å². The summed E-state index contributed by atoms with van der Waals surface area (Å²) >= 11 is 3.37. The van der Waals surface area contributed by atoms with E-state index < -0.39 is 6.10 Å². The maximum atomic E-state index is 9.64. The van der Waals surface area contributed by atoms with Gasteiger partial charge in [0.1, 0.15) is 11.9 Å². The summed E-state index contributed by atoms with van der Waals surface area (Å²) in [4.78, 5) is 0. The number of aliphatic hydroxyl groups excluding tert-OH is 1. The van der Waals surface area contributed by atoms with Gasteiger partial charge >= 0.3 is 0 Å². The molecule has 1 aromatic carbocycles. The molecule has 16 heavy (non-hydrogen) atoms. The number of methoxy groups -OCH3 is 1. The lowest BCUT2D eigenvalue weighted by Gasteiger charge is -2.18. The average molecular weight is 289 g/mol. The first-order valence-corrected chi connectivity index (χ1v) is 5.97. The molecule has 4 heteroatoms. The molecule has 90 valence electrons. The van der Waals surface area contributed by atoms with Crippen LogP contribution in [0.15, 0.2) is 22.7 Å². The quantitative estimate of drug-likeness (QED) is 0.905. The van der Waals surface area contributed by atoms with Gasteiger partial charge in [-0.3, -0.25) is 0 Å². The van der Waals surface area contributed by atoms with E-state index in [-0.39, 0.29) is 6.10 Å². The fourth-order valence-corrected chi connectivity index (χ4v) is 1.82. The van der Waals surface area contributed by atoms with E-state index in [2.05, 4.69) is 15.9 Å². The van der Waals surface area contributed by atoms with Crippen molar-refractivity contribution in [1.82, 2.24) is 0 Å². The topological polar surface area (TPSA) is 38.7 Å². The monoisotopic (exact) mass is 288 g/mol. The van der Waals surface area contributed by atoms with Gasteiger partial charge in [-0.2, -0.15) is 0 Å². The average Bonchev–Trinajstić information content (AvgIpc) is 2.20. The minimum atomic E-state index is -0.553. The lowest BCUT2D eigenvalue weighted by Crippen LogP contribution is -2.19. The number of ether oxygens (including phenoxy) is 2. The molecule has 3 nitrogen and oxygen atoms in total. The van der Waals surface area contributed by atoms with Crippen LogP contribution in [0, 0.1) is 0 Å². The van der Waals surface area contributed by atoms with E-state index in [4.69, 9.17) is 9.47 Å². The molecule has 1 unspecified atom stereocenters. The highest BCUT2D eigenvalue weighted by Crippen LogP contribution is 2.29. The van der Waals surface area contributed by atoms with Crippen LogP contribution in [0.5, 0.6) is 5.75 Å². The summed E-state index contributed by atoms with van der Waals surface area (Å²) in [6.07, 6.45) is -0.592. The molecule has 1 N–H and O–H groups in total. The fourth-order valence-electron chi connectivity index (χ4n) is 1.44. The van der Waals surface area contributed by atoms with Gasteiger partial charge in [-0.05, 0) is 32.0 Å². The Balaban J connectivity index is 2.86. The molecule has 0 radical (unpaired) electrons. The highest BCUT2D eigenvalue weighted by atomic mass is 79.9. The number of halogens is 1. The largest absolute Gasteiger partial charge is 0.488 e. The summed E-state index contributed by atoms with van der Waals surface area (Å²) in [5.74, 6) is 0.697. The van der Waals surface area contributed by atoms with Crippen molar-refractivity contribution >= 4 is 15.9 Å². The highest BCUT2D eigenvalue weighted by molar-refractivity contribution is 9.10. The number of rotatable bonds is 5. The molecule has 0 heterocycles. The molecule has 0 aliphatic rings. The van der Waals surface area contributed by atoms with Crippen molar-refractivity contribution in [2.75, 3.05) is 13.7 Å². The fraction of sp³-hybridized carbons (Fsp3) is 0.500. The Morgan fingerprint density at radius 1 is 1.38 bits per heavy atom. The first kappa shape index (κ1) is 13.5. The number of benzene rings is 1. The maximum Gasteiger partial charge on any atom is 0.125 e. The maximum absolute atomic E-state index is 9.64. The summed E-state index contributed by atoms with van der Waals surface area (Å²) in [5, 5.41) is 9.64. The molecule has 0 aliphatic heterocycles. The molecule has 0 aliphatic carbocycles. The van der Waals surface area contributed by atoms with Gasteiger partial charge in [0, 0.05) is 17.1 Å². The molecule has 0 saturated carbocycles. The van der Waals surface area contributed by atoms with Crippen LogP contribution < -0.4 is 4.74 Å². The minimum Gasteiger partial charge on any atom is -0.488 e. The van der Waals surface area contributed by atoms with Crippen LogP contribution >= 0.6 is 15.9 Å². The Labute approximate surface area is 105 Å². The zero-order valence-electron chi connectivity index (χ0n) is 9.74. The third kappa shape index (κ3) is 3.77. The molecule has 0 amide bonds. The second kappa shape index (κ2) is 6.23. The van der Waals surface area contributed by atoms with Gasteiger partial charge in [-0.25, -0.2) is 0 Å². The normalized spacial score (nSPS) is 14.6. The third-order valence-electron chi connectivity index (χ3n) is 2.15. The molecule has 0 fully saturated rings. The number of hydrogen-bond donors (Lipinski definition) is 1. The van der Waals surface area contributed by atoms with Crippen LogP contribution in [0.1, 0.15) is 25.5 Å². The lowest BCUT2D eigenvalue weighted by molar-refractivity contribution is 0.0886. The zero-order valence-corrected chi connectivity index (χ0v) is 11.3. The molecule has 1 aromatic rings. The molecule has 0 aromatic heterocycles. The summed E-state index contributed by atoms with van der Waals surface area (Å²) in [5.41, 5.74) is 0.775. The summed E-state index contributed by atoms with van der Waals surface area (Å²) in [6, 6.07) is 5.60. The number of hydrogen-bond acceptors (Lipinski definition) is 3. The zero-order chi connectivity index (χ0) is 12.1. The molecule has 0 saturated heterocycles. The standard InChI is InChI=1S/C12H17BrO3/c1-8(7-15-3)16-12-5-4-10(13)6-11(12)9(2)14/h4-6,8-9,14H,7H2,1-3H3/t8?,9-/m0/s1. The predicted molar refractivity (Wildman–Crippen MR) is 66.7 cm³/mol. The smallest absolute Gasteiger partial charge is 0.125 e. The summed E-state index contributed by atoms with van der Waals surface area (Å²) in [7, 11) is 1.64. The van der Waals surface area contributed by atoms with Crippen molar-refractivity contribution in [2.45, 2.75) is 26.1 Å². The van der Waals surface area contributed by atoms with Crippen LogP contribution in [0.4, 0.5) is 0 Å². The van der Waals surface area contributed by atoms with Crippen molar-refractivity contribution in [3.05, 3.63) is 28.2 Å². The molecule has 2 atom stereocenters. The van der Waals surface area contributed by atoms with E-state index in [0.717, 1.165) is 10.0 Å². The second-order valence-corrected chi connectivity index (χ2v) is 4.66. The van der Waals surface area contributed by atoms with Gasteiger partial charge in [0.05, 0.1) is 12.7 Å². The minimum absolute atomic E-state index is 0.0383. The Morgan fingerprint density at radius 2 is 2.06 bits per heavy atom. The Kier molecular flexibility index (Phi) is 5.25. The van der Waals surface area contributed by atoms with Crippen LogP contribution in [0.2, 0.25) is 0 Å². The van der Waals surface area contributed by atoms with Crippen LogP contribution in [-0.2, 0) is 4.74 Å². The van der Waals surface area contributed by atoms with Gasteiger partial charge < -0.3 is 14.6 Å². The first-order chi connectivity index (χ1) is 7.54. The molecule has 1 rings (SSSR count). The Bertz CT molecular complexity index is 339. The lowest BCUT2D eigenvalue weighted by atomic mass is 10.1. The van der Waals surface area contributed by atoms with Gasteiger partial charge in [0.25, 0.3) is 0 Å². The highest BCUT2D eigenvalue weighted by Gasteiger charge is 2.12. The third-order valence-corrected chi connectivity index (χ3v) is 2.64. The van der Waals surface area contributed by atoms with Gasteiger partial charge in [-0.1, -0.05) is 15.9 Å². The van der Waals surface area contributed by atoms with Gasteiger partial charge in [0.15, 0.2) is 0 Å². The Morgan fingerprint density at radius 3 is 2.62 bits per heavy atom. The SMILES string of the molecule is COCC(C)Oc1ccc(Br)cc1[C@H](C)O. The van der Waals surface area contributed by atoms with Crippen molar-refractivity contribution in [1.29, 1.82) is 0 Å². The number of aliphatic hydroxyl groups is 1. The van der Waals surface area contributed by atoms with E-state index in [1.54, 1.807) is 14.0 Å². The van der Waals surface area contributed by atoms with Crippen LogP contribution in [0.3, 0.4) is 0 Å². The van der Waals surface area contributed by atoms with Gasteiger partial charge in [-0.15, -0.1) is 0 Å². The Hall–Kier alpha value is -0.580. The van der Waals surface area contributed by atoms with Crippen LogP contribution in [0.25, 0.3) is 0 Å². The van der Waals surface area contributed by atoms with E-state index in [1.165, 1.54) is 0 Å². The van der Waals surface area contributed by atoms with Crippen LogP contribution in [-0.4, -0.2) is 24.9 Å². The molecular weight excluding hydrogens is 272 g/mol. The van der Waals surface area contributed by atoms with E-state index >= 15 is 0 Å². The van der Waals surface area contributed by atoms with Crippen molar-refractivity contribution in [2.24, 2.45) is 0 Å². The van der Waals surface area contributed by atoms with E-state index in [9.17, 15) is 5.11 Å². The molecular formula is C12H17BrO3. The first-order valence-electron chi connectivity index (χ1n) is 5.17. The van der Waals surface area contributed by atoms with Gasteiger partial charge in [0.2, 0.25) is 0 Å². The van der Waals surface area contributed by atoms with Crippen molar-refractivity contribution in [3.63, 3.8) is 0 Å². The second-order valence-electron chi connectivity index (χ2n) is 3.74. The summed E-state index contributed by atoms with van der Waals surface area (Å²) in [6.45, 7) is 4.17. The molecule has 0 bridgehead atoms. The van der Waals surface area contributed by atoms with Crippen molar-refractivity contribution in [3.8, 4) is 5.75 Å². The molecule has 0 spiro atoms.